The van der Waals surface area contributed by atoms with Gasteiger partial charge in [0.2, 0.25) is 0 Å². The summed E-state index contributed by atoms with van der Waals surface area (Å²) in [5.74, 6) is 0. The summed E-state index contributed by atoms with van der Waals surface area (Å²) in [7, 11) is 2.16. The minimum atomic E-state index is -0.299. The number of rotatable bonds is 5. The lowest BCUT2D eigenvalue weighted by Crippen LogP contribution is -2.46. The molecule has 110 valence electrons. The lowest BCUT2D eigenvalue weighted by atomic mass is 9.98. The topological polar surface area (TPSA) is 58.4 Å². The zero-order valence-electron chi connectivity index (χ0n) is 12.2. The number of nitrogens with zero attached hydrogens (tertiary/aromatic N) is 2. The minimum absolute atomic E-state index is 0.228. The second-order valence-electron chi connectivity index (χ2n) is 5.64. The number of benzene rings is 1. The van der Waals surface area contributed by atoms with E-state index in [-0.39, 0.29) is 10.6 Å². The van der Waals surface area contributed by atoms with Crippen molar-refractivity contribution >= 4 is 5.69 Å². The lowest BCUT2D eigenvalue weighted by molar-refractivity contribution is -0.385. The Hall–Kier alpha value is -1.46. The predicted octanol–water partition coefficient (Wildman–Crippen LogP) is 2.21. The molecule has 5 nitrogen and oxygen atoms in total. The van der Waals surface area contributed by atoms with Gasteiger partial charge < -0.3 is 10.2 Å². The summed E-state index contributed by atoms with van der Waals surface area (Å²) < 4.78 is 0. The van der Waals surface area contributed by atoms with Crippen LogP contribution in [-0.4, -0.2) is 42.0 Å². The maximum Gasteiger partial charge on any atom is 0.272 e. The molecule has 0 saturated carbocycles. The van der Waals surface area contributed by atoms with Gasteiger partial charge in [-0.2, -0.15) is 0 Å². The molecule has 5 heteroatoms. The van der Waals surface area contributed by atoms with E-state index in [1.165, 1.54) is 0 Å². The number of likely N-dealkylation sites (tertiary alicyclic amines) is 1. The van der Waals surface area contributed by atoms with Gasteiger partial charge in [0, 0.05) is 23.7 Å². The highest BCUT2D eigenvalue weighted by molar-refractivity contribution is 5.39. The Morgan fingerprint density at radius 2 is 2.20 bits per heavy atom. The number of hydrogen-bond donors (Lipinski definition) is 1. The fourth-order valence-electron chi connectivity index (χ4n) is 2.79. The number of hydrogen-bond acceptors (Lipinski definition) is 4. The molecule has 1 saturated heterocycles. The fraction of sp³-hybridized carbons (Fsp3) is 0.600. The van der Waals surface area contributed by atoms with E-state index in [1.807, 2.05) is 12.1 Å². The average molecular weight is 277 g/mol. The maximum absolute atomic E-state index is 10.9. The highest BCUT2D eigenvalue weighted by Gasteiger charge is 2.22. The van der Waals surface area contributed by atoms with E-state index in [0.717, 1.165) is 31.5 Å². The van der Waals surface area contributed by atoms with Crippen LogP contribution in [0.1, 0.15) is 25.3 Å². The van der Waals surface area contributed by atoms with Crippen molar-refractivity contribution in [1.82, 2.24) is 10.2 Å². The number of nitro benzene ring substituents is 1. The minimum Gasteiger partial charge on any atom is -0.314 e. The molecule has 1 N–H and O–H groups in total. The molecule has 1 aliphatic heterocycles. The molecule has 1 heterocycles. The van der Waals surface area contributed by atoms with E-state index < -0.39 is 0 Å². The lowest BCUT2D eigenvalue weighted by Gasteiger charge is -2.35. The Kier molecular flexibility index (Phi) is 5.09. The molecule has 2 unspecified atom stereocenters. The van der Waals surface area contributed by atoms with Crippen molar-refractivity contribution in [2.75, 3.05) is 20.1 Å². The Labute approximate surface area is 120 Å². The van der Waals surface area contributed by atoms with Crippen LogP contribution < -0.4 is 5.32 Å². The van der Waals surface area contributed by atoms with E-state index in [4.69, 9.17) is 0 Å². The van der Waals surface area contributed by atoms with E-state index in [9.17, 15) is 10.1 Å². The molecular weight excluding hydrogens is 254 g/mol. The van der Waals surface area contributed by atoms with Crippen LogP contribution in [0.25, 0.3) is 0 Å². The van der Waals surface area contributed by atoms with E-state index in [2.05, 4.69) is 24.2 Å². The molecule has 1 aromatic rings. The van der Waals surface area contributed by atoms with Gasteiger partial charge in [-0.05, 0) is 46.3 Å². The van der Waals surface area contributed by atoms with Gasteiger partial charge in [0.25, 0.3) is 5.69 Å². The number of para-hydroxylation sites is 1. The van der Waals surface area contributed by atoms with Gasteiger partial charge in [0.15, 0.2) is 0 Å². The molecule has 0 aliphatic carbocycles. The third-order valence-electron chi connectivity index (χ3n) is 4.22. The number of nitrogens with one attached hydrogen (secondary N) is 1. The van der Waals surface area contributed by atoms with Crippen LogP contribution in [0.2, 0.25) is 0 Å². The average Bonchev–Trinajstić information content (AvgIpc) is 2.43. The van der Waals surface area contributed by atoms with Crippen molar-refractivity contribution in [1.29, 1.82) is 0 Å². The molecular formula is C15H23N3O2. The zero-order valence-corrected chi connectivity index (χ0v) is 12.2. The van der Waals surface area contributed by atoms with Crippen molar-refractivity contribution in [3.63, 3.8) is 0 Å². The van der Waals surface area contributed by atoms with Gasteiger partial charge in [-0.15, -0.1) is 0 Å². The summed E-state index contributed by atoms with van der Waals surface area (Å²) in [6.07, 6.45) is 3.00. The van der Waals surface area contributed by atoms with Crippen molar-refractivity contribution < 1.29 is 4.92 Å². The highest BCUT2D eigenvalue weighted by atomic mass is 16.6. The first-order valence-electron chi connectivity index (χ1n) is 7.24. The predicted molar refractivity (Wildman–Crippen MR) is 79.9 cm³/mol. The van der Waals surface area contributed by atoms with Crippen LogP contribution in [0.3, 0.4) is 0 Å². The summed E-state index contributed by atoms with van der Waals surface area (Å²) in [6, 6.07) is 8.13. The summed E-state index contributed by atoms with van der Waals surface area (Å²) in [4.78, 5) is 13.0. The third-order valence-corrected chi connectivity index (χ3v) is 4.22. The van der Waals surface area contributed by atoms with Gasteiger partial charge in [-0.25, -0.2) is 0 Å². The van der Waals surface area contributed by atoms with Crippen LogP contribution >= 0.6 is 0 Å². The Balaban J connectivity index is 1.83. The number of nitro groups is 1. The second kappa shape index (κ2) is 6.81. The third kappa shape index (κ3) is 3.77. The van der Waals surface area contributed by atoms with Crippen LogP contribution in [-0.2, 0) is 6.42 Å². The van der Waals surface area contributed by atoms with Crippen molar-refractivity contribution in [3.8, 4) is 0 Å². The van der Waals surface area contributed by atoms with E-state index >= 15 is 0 Å². The van der Waals surface area contributed by atoms with Crippen LogP contribution in [0.15, 0.2) is 24.3 Å². The molecule has 0 aromatic heterocycles. The first kappa shape index (κ1) is 14.9. The van der Waals surface area contributed by atoms with Crippen LogP contribution in [0, 0.1) is 10.1 Å². The Bertz CT molecular complexity index is 464. The van der Waals surface area contributed by atoms with Gasteiger partial charge in [-0.3, -0.25) is 10.1 Å². The number of piperidine rings is 1. The largest absolute Gasteiger partial charge is 0.314 e. The van der Waals surface area contributed by atoms with Gasteiger partial charge in [-0.1, -0.05) is 18.2 Å². The zero-order chi connectivity index (χ0) is 14.5. The van der Waals surface area contributed by atoms with Crippen LogP contribution in [0.4, 0.5) is 5.69 Å². The van der Waals surface area contributed by atoms with Crippen LogP contribution in [0.5, 0.6) is 0 Å². The SMILES string of the molecule is CC1CC(NCCc2ccccc2[N+](=O)[O-])CCN1C. The van der Waals surface area contributed by atoms with Crippen molar-refractivity contribution in [2.24, 2.45) is 0 Å². The molecule has 1 fully saturated rings. The van der Waals surface area contributed by atoms with Gasteiger partial charge in [0.1, 0.15) is 0 Å². The fourth-order valence-corrected chi connectivity index (χ4v) is 2.79. The summed E-state index contributed by atoms with van der Waals surface area (Å²) in [6.45, 7) is 4.16. The first-order valence-corrected chi connectivity index (χ1v) is 7.24. The molecule has 2 atom stereocenters. The molecule has 0 radical (unpaired) electrons. The summed E-state index contributed by atoms with van der Waals surface area (Å²) >= 11 is 0. The molecule has 0 amide bonds. The monoisotopic (exact) mass is 277 g/mol. The van der Waals surface area contributed by atoms with Gasteiger partial charge >= 0.3 is 0 Å². The van der Waals surface area contributed by atoms with Crippen molar-refractivity contribution in [2.45, 2.75) is 38.3 Å². The highest BCUT2D eigenvalue weighted by Crippen LogP contribution is 2.18. The first-order chi connectivity index (χ1) is 9.58. The molecule has 1 aliphatic rings. The van der Waals surface area contributed by atoms with Gasteiger partial charge in [0.05, 0.1) is 4.92 Å². The second-order valence-corrected chi connectivity index (χ2v) is 5.64. The maximum atomic E-state index is 10.9. The standard InChI is InChI=1S/C15H23N3O2/c1-12-11-14(8-10-17(12)2)16-9-7-13-5-3-4-6-15(13)18(19)20/h3-6,12,14,16H,7-11H2,1-2H3. The Morgan fingerprint density at radius 1 is 1.45 bits per heavy atom. The molecule has 1 aromatic carbocycles. The quantitative estimate of drug-likeness (QED) is 0.662. The molecule has 20 heavy (non-hydrogen) atoms. The summed E-state index contributed by atoms with van der Waals surface area (Å²) in [5, 5.41) is 14.5. The molecule has 2 rings (SSSR count). The summed E-state index contributed by atoms with van der Waals surface area (Å²) in [5.41, 5.74) is 1.04. The van der Waals surface area contributed by atoms with E-state index in [1.54, 1.807) is 12.1 Å². The molecule has 0 spiro atoms. The normalized spacial score (nSPS) is 23.7. The van der Waals surface area contributed by atoms with E-state index in [0.29, 0.717) is 18.5 Å². The Morgan fingerprint density at radius 3 is 2.90 bits per heavy atom. The smallest absolute Gasteiger partial charge is 0.272 e. The van der Waals surface area contributed by atoms with Crippen molar-refractivity contribution in [3.05, 3.63) is 39.9 Å². The molecule has 0 bridgehead atoms.